The average Bonchev–Trinajstić information content (AvgIpc) is 3.34. The van der Waals surface area contributed by atoms with Gasteiger partial charge in [-0.25, -0.2) is 4.79 Å². The topological polar surface area (TPSA) is 77.0 Å². The zero-order valence-electron chi connectivity index (χ0n) is 23.2. The highest BCUT2D eigenvalue weighted by atomic mass is 19.4. The van der Waals surface area contributed by atoms with Crippen LogP contribution in [0.3, 0.4) is 0 Å². The molecule has 0 bridgehead atoms. The molecule has 0 saturated carbocycles. The van der Waals surface area contributed by atoms with Crippen LogP contribution in [0.15, 0.2) is 72.2 Å². The lowest BCUT2D eigenvalue weighted by Crippen LogP contribution is -2.41. The summed E-state index contributed by atoms with van der Waals surface area (Å²) in [5, 5.41) is 12.4. The van der Waals surface area contributed by atoms with E-state index in [-0.39, 0.29) is 24.6 Å². The van der Waals surface area contributed by atoms with E-state index in [4.69, 9.17) is 14.0 Å². The second-order valence-corrected chi connectivity index (χ2v) is 11.3. The minimum atomic E-state index is -4.74. The second kappa shape index (κ2) is 10.6. The molecule has 3 aromatic carbocycles. The lowest BCUT2D eigenvalue weighted by Gasteiger charge is -2.32. The SMILES string of the molecule is CC1(C)OB(C(=Cc2ccc(O)c(C(F)(F)F)c2)CNC(=O)OCC2c3ccccc3-c3ccccc32)OC1(C)C. The summed E-state index contributed by atoms with van der Waals surface area (Å²) in [6.07, 6.45) is -3.96. The number of benzene rings is 3. The van der Waals surface area contributed by atoms with Gasteiger partial charge in [-0.1, -0.05) is 60.7 Å². The first-order valence-electron chi connectivity index (χ1n) is 13.3. The van der Waals surface area contributed by atoms with Gasteiger partial charge in [0.25, 0.3) is 0 Å². The van der Waals surface area contributed by atoms with Gasteiger partial charge in [0.05, 0.1) is 16.8 Å². The molecular weight excluding hydrogens is 534 g/mol. The number of alkyl carbamates (subject to hydrolysis) is 1. The molecule has 1 aliphatic heterocycles. The van der Waals surface area contributed by atoms with E-state index < -0.39 is 41.9 Å². The number of phenols is 1. The summed E-state index contributed by atoms with van der Waals surface area (Å²) in [5.41, 5.74) is 2.32. The first-order valence-corrected chi connectivity index (χ1v) is 13.3. The van der Waals surface area contributed by atoms with Crippen molar-refractivity contribution in [3.63, 3.8) is 0 Å². The van der Waals surface area contributed by atoms with E-state index in [0.29, 0.717) is 5.47 Å². The highest BCUT2D eigenvalue weighted by molar-refractivity contribution is 6.56. The zero-order chi connectivity index (χ0) is 29.6. The molecule has 41 heavy (non-hydrogen) atoms. The third kappa shape index (κ3) is 5.71. The fourth-order valence-corrected chi connectivity index (χ4v) is 5.11. The molecule has 3 aromatic rings. The molecule has 0 aromatic heterocycles. The van der Waals surface area contributed by atoms with Crippen molar-refractivity contribution in [1.82, 2.24) is 5.32 Å². The molecule has 2 aliphatic rings. The monoisotopic (exact) mass is 565 g/mol. The molecule has 1 fully saturated rings. The molecule has 0 unspecified atom stereocenters. The minimum Gasteiger partial charge on any atom is -0.507 e. The Kier molecular flexibility index (Phi) is 7.42. The highest BCUT2D eigenvalue weighted by Crippen LogP contribution is 2.44. The van der Waals surface area contributed by atoms with Gasteiger partial charge in [0, 0.05) is 12.5 Å². The predicted molar refractivity (Wildman–Crippen MR) is 150 cm³/mol. The van der Waals surface area contributed by atoms with Gasteiger partial charge in [-0.3, -0.25) is 0 Å². The average molecular weight is 565 g/mol. The maximum absolute atomic E-state index is 13.4. The first kappa shape index (κ1) is 28.8. The third-order valence-corrected chi connectivity index (χ3v) is 8.01. The molecule has 1 amide bonds. The Morgan fingerprint density at radius 1 is 0.976 bits per heavy atom. The summed E-state index contributed by atoms with van der Waals surface area (Å²) in [5.74, 6) is -0.993. The summed E-state index contributed by atoms with van der Waals surface area (Å²) in [4.78, 5) is 12.9. The van der Waals surface area contributed by atoms with Gasteiger partial charge in [-0.2, -0.15) is 13.2 Å². The van der Waals surface area contributed by atoms with Crippen LogP contribution in [0, 0.1) is 0 Å². The van der Waals surface area contributed by atoms with Crippen molar-refractivity contribution in [3.8, 4) is 16.9 Å². The minimum absolute atomic E-state index is 0.101. The normalized spacial score (nSPS) is 17.7. The summed E-state index contributed by atoms with van der Waals surface area (Å²) < 4.78 is 58.1. The van der Waals surface area contributed by atoms with Crippen LogP contribution < -0.4 is 5.32 Å². The number of carbonyl (C=O) groups excluding carboxylic acids is 1. The van der Waals surface area contributed by atoms with E-state index >= 15 is 0 Å². The van der Waals surface area contributed by atoms with E-state index in [9.17, 15) is 23.1 Å². The van der Waals surface area contributed by atoms with Crippen molar-refractivity contribution in [2.45, 2.75) is 51.0 Å². The lowest BCUT2D eigenvalue weighted by molar-refractivity contribution is -0.138. The van der Waals surface area contributed by atoms with Crippen molar-refractivity contribution in [1.29, 1.82) is 0 Å². The van der Waals surface area contributed by atoms with Gasteiger partial charge < -0.3 is 24.5 Å². The molecule has 1 aliphatic carbocycles. The predicted octanol–water partition coefficient (Wildman–Crippen LogP) is 6.96. The molecular formula is C31H31BF3NO5. The van der Waals surface area contributed by atoms with Gasteiger partial charge in [0.15, 0.2) is 0 Å². The van der Waals surface area contributed by atoms with Crippen LogP contribution >= 0.6 is 0 Å². The maximum atomic E-state index is 13.4. The third-order valence-electron chi connectivity index (χ3n) is 8.01. The number of fused-ring (bicyclic) bond motifs is 3. The van der Waals surface area contributed by atoms with E-state index in [0.717, 1.165) is 34.4 Å². The number of alkyl halides is 3. The maximum Gasteiger partial charge on any atom is 0.492 e. The Labute approximate surface area is 237 Å². The molecule has 1 heterocycles. The Morgan fingerprint density at radius 2 is 1.54 bits per heavy atom. The Balaban J connectivity index is 1.34. The van der Waals surface area contributed by atoms with Gasteiger partial charge >= 0.3 is 19.4 Å². The quantitative estimate of drug-likeness (QED) is 0.316. The van der Waals surface area contributed by atoms with Crippen LogP contribution in [0.5, 0.6) is 5.75 Å². The van der Waals surface area contributed by atoms with Crippen LogP contribution in [0.4, 0.5) is 18.0 Å². The van der Waals surface area contributed by atoms with Crippen molar-refractivity contribution >= 4 is 19.3 Å². The molecule has 214 valence electrons. The van der Waals surface area contributed by atoms with Crippen molar-refractivity contribution in [3.05, 3.63) is 94.5 Å². The summed E-state index contributed by atoms with van der Waals surface area (Å²) in [7, 11) is -0.933. The largest absolute Gasteiger partial charge is 0.507 e. The van der Waals surface area contributed by atoms with Gasteiger partial charge in [0.1, 0.15) is 12.4 Å². The standard InChI is InChI=1S/C31H31BF3NO5/c1-29(2)30(3,4)41-32(40-29)20(15-19-13-14-27(37)26(16-19)31(33,34)35)17-36-28(38)39-18-25-23-11-7-5-9-21(23)22-10-6-8-12-24(22)25/h5-16,25,37H,17-18H2,1-4H3,(H,36,38). The number of hydrogen-bond acceptors (Lipinski definition) is 5. The molecule has 0 atom stereocenters. The van der Waals surface area contributed by atoms with Crippen LogP contribution in [-0.2, 0) is 20.2 Å². The van der Waals surface area contributed by atoms with E-state index in [1.165, 1.54) is 12.1 Å². The Morgan fingerprint density at radius 3 is 2.10 bits per heavy atom. The van der Waals surface area contributed by atoms with Gasteiger partial charge in [-0.05, 0) is 73.1 Å². The fourth-order valence-electron chi connectivity index (χ4n) is 5.11. The van der Waals surface area contributed by atoms with Crippen molar-refractivity contribution in [2.75, 3.05) is 13.2 Å². The molecule has 6 nitrogen and oxygen atoms in total. The molecule has 5 rings (SSSR count). The number of nitrogens with one attached hydrogen (secondary N) is 1. The second-order valence-electron chi connectivity index (χ2n) is 11.3. The number of ether oxygens (including phenoxy) is 1. The summed E-state index contributed by atoms with van der Waals surface area (Å²) in [6.45, 7) is 7.42. The number of rotatable bonds is 6. The molecule has 0 radical (unpaired) electrons. The number of hydrogen-bond donors (Lipinski definition) is 2. The van der Waals surface area contributed by atoms with Crippen LogP contribution in [-0.4, -0.2) is 42.7 Å². The van der Waals surface area contributed by atoms with Crippen LogP contribution in [0.1, 0.15) is 55.9 Å². The molecule has 2 N–H and O–H groups in total. The Hall–Kier alpha value is -3.76. The molecule has 0 spiro atoms. The summed E-state index contributed by atoms with van der Waals surface area (Å²) >= 11 is 0. The fraction of sp³-hybridized carbons (Fsp3) is 0.323. The Bertz CT molecular complexity index is 1440. The molecule has 1 saturated heterocycles. The number of amides is 1. The molecule has 10 heteroatoms. The van der Waals surface area contributed by atoms with E-state index in [1.54, 1.807) is 0 Å². The van der Waals surface area contributed by atoms with E-state index in [2.05, 4.69) is 5.32 Å². The van der Waals surface area contributed by atoms with Crippen molar-refractivity contribution < 1.29 is 37.1 Å². The first-order chi connectivity index (χ1) is 19.3. The van der Waals surface area contributed by atoms with Gasteiger partial charge in [0.2, 0.25) is 0 Å². The van der Waals surface area contributed by atoms with Crippen molar-refractivity contribution in [2.24, 2.45) is 0 Å². The zero-order valence-corrected chi connectivity index (χ0v) is 23.2. The number of aromatic hydroxyl groups is 1. The smallest absolute Gasteiger partial charge is 0.492 e. The summed E-state index contributed by atoms with van der Waals surface area (Å²) in [6, 6.07) is 19.2. The number of halogens is 3. The van der Waals surface area contributed by atoms with E-state index in [1.807, 2.05) is 76.2 Å². The highest BCUT2D eigenvalue weighted by Gasteiger charge is 2.52. The number of carbonyl (C=O) groups is 1. The van der Waals surface area contributed by atoms with Crippen LogP contribution in [0.25, 0.3) is 17.2 Å². The number of phenolic OH excluding ortho intramolecular Hbond substituents is 1. The lowest BCUT2D eigenvalue weighted by atomic mass is 9.77. The van der Waals surface area contributed by atoms with Gasteiger partial charge in [-0.15, -0.1) is 0 Å². The van der Waals surface area contributed by atoms with Crippen LogP contribution in [0.2, 0.25) is 0 Å².